The monoisotopic (exact) mass is 327 g/mol. The van der Waals surface area contributed by atoms with Crippen LogP contribution in [0.2, 0.25) is 10.0 Å². The van der Waals surface area contributed by atoms with Crippen molar-refractivity contribution < 1.29 is 4.74 Å². The van der Waals surface area contributed by atoms with Crippen LogP contribution in [0, 0.1) is 0 Å². The first-order chi connectivity index (χ1) is 10.1. The summed E-state index contributed by atoms with van der Waals surface area (Å²) in [6.07, 6.45) is 4.91. The Morgan fingerprint density at radius 2 is 1.95 bits per heavy atom. The smallest absolute Gasteiger partial charge is 0.168 e. The van der Waals surface area contributed by atoms with E-state index in [2.05, 4.69) is 12.0 Å². The van der Waals surface area contributed by atoms with Gasteiger partial charge >= 0.3 is 0 Å². The lowest BCUT2D eigenvalue weighted by molar-refractivity contribution is 0.474. The van der Waals surface area contributed by atoms with Crippen LogP contribution in [-0.4, -0.2) is 16.3 Å². The number of aryl methyl sites for hydroxylation is 1. The van der Waals surface area contributed by atoms with E-state index in [9.17, 15) is 0 Å². The van der Waals surface area contributed by atoms with E-state index in [1.54, 1.807) is 18.2 Å². The van der Waals surface area contributed by atoms with Gasteiger partial charge in [-0.05, 0) is 31.0 Å². The minimum absolute atomic E-state index is 0.539. The van der Waals surface area contributed by atoms with Gasteiger partial charge in [0.25, 0.3) is 0 Å². The van der Waals surface area contributed by atoms with Crippen LogP contribution >= 0.6 is 23.2 Å². The first-order valence-corrected chi connectivity index (χ1v) is 7.78. The summed E-state index contributed by atoms with van der Waals surface area (Å²) in [5, 5.41) is 5.61. The van der Waals surface area contributed by atoms with Gasteiger partial charge in [0.05, 0.1) is 12.7 Å². The van der Waals surface area contributed by atoms with Gasteiger partial charge in [-0.3, -0.25) is 4.68 Å². The molecule has 0 aliphatic carbocycles. The summed E-state index contributed by atoms with van der Waals surface area (Å²) >= 11 is 12.0. The highest BCUT2D eigenvalue weighted by atomic mass is 35.5. The number of benzene rings is 1. The molecule has 0 fully saturated rings. The second-order valence-corrected chi connectivity index (χ2v) is 5.68. The molecule has 2 rings (SSSR count). The third-order valence-electron chi connectivity index (χ3n) is 2.99. The van der Waals surface area contributed by atoms with E-state index in [1.165, 1.54) is 0 Å². The van der Waals surface area contributed by atoms with Crippen molar-refractivity contribution in [2.75, 3.05) is 6.54 Å². The van der Waals surface area contributed by atoms with Crippen LogP contribution in [-0.2, 0) is 13.0 Å². The fourth-order valence-corrected chi connectivity index (χ4v) is 2.51. The van der Waals surface area contributed by atoms with Crippen molar-refractivity contribution in [1.82, 2.24) is 9.78 Å². The van der Waals surface area contributed by atoms with Crippen LogP contribution in [0.1, 0.15) is 25.5 Å². The Kier molecular flexibility index (Phi) is 5.91. The number of nitrogens with zero attached hydrogens (tertiary/aromatic N) is 2. The lowest BCUT2D eigenvalue weighted by atomic mass is 10.2. The van der Waals surface area contributed by atoms with Crippen LogP contribution < -0.4 is 10.5 Å². The molecule has 0 unspecified atom stereocenters. The maximum atomic E-state index is 5.99. The van der Waals surface area contributed by atoms with E-state index in [1.807, 2.05) is 10.9 Å². The molecule has 0 bridgehead atoms. The Balaban J connectivity index is 2.23. The van der Waals surface area contributed by atoms with Gasteiger partial charge in [-0.15, -0.1) is 0 Å². The number of unbranched alkanes of at least 4 members (excludes halogenated alkanes) is 1. The highest BCUT2D eigenvalue weighted by Crippen LogP contribution is 2.30. The highest BCUT2D eigenvalue weighted by Gasteiger charge is 2.11. The van der Waals surface area contributed by atoms with Crippen molar-refractivity contribution in [3.63, 3.8) is 0 Å². The second-order valence-electron chi connectivity index (χ2n) is 4.80. The quantitative estimate of drug-likeness (QED) is 0.825. The molecule has 2 N–H and O–H groups in total. The van der Waals surface area contributed by atoms with E-state index in [0.717, 1.165) is 30.7 Å². The molecule has 21 heavy (non-hydrogen) atoms. The molecule has 0 radical (unpaired) electrons. The molecule has 1 aromatic heterocycles. The zero-order chi connectivity index (χ0) is 15.2. The minimum atomic E-state index is 0.539. The van der Waals surface area contributed by atoms with Gasteiger partial charge in [0.2, 0.25) is 0 Å². The van der Waals surface area contributed by atoms with Gasteiger partial charge in [-0.25, -0.2) is 0 Å². The molecule has 0 saturated carbocycles. The topological polar surface area (TPSA) is 53.1 Å². The standard InChI is InChI=1S/C15H19Cl2N3O/c1-2-3-4-14-15(10-20(19-14)6-5-18)21-13-8-11(16)7-12(17)9-13/h7-10H,2-6,18H2,1H3. The van der Waals surface area contributed by atoms with Crippen molar-refractivity contribution >= 4 is 23.2 Å². The molecule has 1 heterocycles. The van der Waals surface area contributed by atoms with Crippen LogP contribution in [0.5, 0.6) is 11.5 Å². The number of aromatic nitrogens is 2. The van der Waals surface area contributed by atoms with Gasteiger partial charge in [-0.1, -0.05) is 36.5 Å². The lowest BCUT2D eigenvalue weighted by Crippen LogP contribution is -2.10. The maximum absolute atomic E-state index is 5.99. The van der Waals surface area contributed by atoms with E-state index < -0.39 is 0 Å². The molecule has 0 aliphatic rings. The van der Waals surface area contributed by atoms with Gasteiger partial charge in [-0.2, -0.15) is 5.10 Å². The molecule has 0 saturated heterocycles. The summed E-state index contributed by atoms with van der Waals surface area (Å²) in [5.74, 6) is 1.34. The molecule has 0 amide bonds. The summed E-state index contributed by atoms with van der Waals surface area (Å²) in [5.41, 5.74) is 6.51. The normalized spacial score (nSPS) is 10.9. The highest BCUT2D eigenvalue weighted by molar-refractivity contribution is 6.34. The number of hydrogen-bond acceptors (Lipinski definition) is 3. The fraction of sp³-hybridized carbons (Fsp3) is 0.400. The number of nitrogens with two attached hydrogens (primary N) is 1. The van der Waals surface area contributed by atoms with Crippen LogP contribution in [0.15, 0.2) is 24.4 Å². The van der Waals surface area contributed by atoms with E-state index in [-0.39, 0.29) is 0 Å². The Morgan fingerprint density at radius 1 is 1.24 bits per heavy atom. The van der Waals surface area contributed by atoms with Gasteiger partial charge in [0.1, 0.15) is 11.4 Å². The van der Waals surface area contributed by atoms with Crippen LogP contribution in [0.3, 0.4) is 0 Å². The molecule has 6 heteroatoms. The van der Waals surface area contributed by atoms with Gasteiger partial charge in [0, 0.05) is 16.6 Å². The van der Waals surface area contributed by atoms with Gasteiger partial charge in [0.15, 0.2) is 5.75 Å². The average molecular weight is 328 g/mol. The Labute approximate surface area is 134 Å². The van der Waals surface area contributed by atoms with Crippen molar-refractivity contribution in [3.8, 4) is 11.5 Å². The molecule has 2 aromatic rings. The minimum Gasteiger partial charge on any atom is -0.454 e. The van der Waals surface area contributed by atoms with Crippen molar-refractivity contribution in [2.45, 2.75) is 32.7 Å². The molecule has 0 aliphatic heterocycles. The molecule has 4 nitrogen and oxygen atoms in total. The van der Waals surface area contributed by atoms with Crippen LogP contribution in [0.4, 0.5) is 0 Å². The molecular formula is C15H19Cl2N3O. The third-order valence-corrected chi connectivity index (χ3v) is 3.43. The molecular weight excluding hydrogens is 309 g/mol. The second kappa shape index (κ2) is 7.69. The third kappa shape index (κ3) is 4.63. The zero-order valence-corrected chi connectivity index (χ0v) is 13.5. The van der Waals surface area contributed by atoms with Crippen molar-refractivity contribution in [2.24, 2.45) is 5.73 Å². The van der Waals surface area contributed by atoms with Crippen molar-refractivity contribution in [1.29, 1.82) is 0 Å². The van der Waals surface area contributed by atoms with Crippen LogP contribution in [0.25, 0.3) is 0 Å². The lowest BCUT2D eigenvalue weighted by Gasteiger charge is -2.06. The summed E-state index contributed by atoms with van der Waals surface area (Å²) < 4.78 is 7.71. The fourth-order valence-electron chi connectivity index (χ4n) is 2.01. The Bertz CT molecular complexity index is 578. The molecule has 0 atom stereocenters. The van der Waals surface area contributed by atoms with E-state index in [0.29, 0.717) is 28.9 Å². The predicted molar refractivity (Wildman–Crippen MR) is 86.4 cm³/mol. The molecule has 114 valence electrons. The number of halogens is 2. The maximum Gasteiger partial charge on any atom is 0.168 e. The van der Waals surface area contributed by atoms with Crippen molar-refractivity contribution in [3.05, 3.63) is 40.1 Å². The summed E-state index contributed by atoms with van der Waals surface area (Å²) in [4.78, 5) is 0. The summed E-state index contributed by atoms with van der Waals surface area (Å²) in [7, 11) is 0. The SMILES string of the molecule is CCCCc1nn(CCN)cc1Oc1cc(Cl)cc(Cl)c1. The molecule has 1 aromatic carbocycles. The first-order valence-electron chi connectivity index (χ1n) is 7.02. The van der Waals surface area contributed by atoms with E-state index >= 15 is 0 Å². The number of hydrogen-bond donors (Lipinski definition) is 1. The number of rotatable bonds is 7. The number of ether oxygens (including phenoxy) is 1. The Morgan fingerprint density at radius 3 is 2.57 bits per heavy atom. The zero-order valence-electron chi connectivity index (χ0n) is 12.0. The molecule has 0 spiro atoms. The van der Waals surface area contributed by atoms with E-state index in [4.69, 9.17) is 33.7 Å². The first kappa shape index (κ1) is 16.1. The average Bonchev–Trinajstić information content (AvgIpc) is 2.77. The predicted octanol–water partition coefficient (Wildman–Crippen LogP) is 4.28. The van der Waals surface area contributed by atoms with Gasteiger partial charge < -0.3 is 10.5 Å². The largest absolute Gasteiger partial charge is 0.454 e. The Hall–Kier alpha value is -1.23. The summed E-state index contributed by atoms with van der Waals surface area (Å²) in [6.45, 7) is 3.35. The summed E-state index contributed by atoms with van der Waals surface area (Å²) in [6, 6.07) is 5.14.